The van der Waals surface area contributed by atoms with Crippen molar-refractivity contribution in [2.75, 3.05) is 19.8 Å². The van der Waals surface area contributed by atoms with Crippen molar-refractivity contribution in [2.24, 2.45) is 28.8 Å². The molecule has 2 saturated carbocycles. The Labute approximate surface area is 276 Å². The van der Waals surface area contributed by atoms with Gasteiger partial charge in [-0.1, -0.05) is 5.16 Å². The number of hydrogen-bond donors (Lipinski definition) is 2. The maximum absolute atomic E-state index is 13.7. The van der Waals surface area contributed by atoms with Crippen LogP contribution in [0.25, 0.3) is 0 Å². The molecule has 5 aliphatic rings. The van der Waals surface area contributed by atoms with Crippen LogP contribution in [0.3, 0.4) is 0 Å². The fraction of sp³-hybridized carbons (Fsp3) is 0.774. The molecule has 3 saturated heterocycles. The zero-order valence-corrected chi connectivity index (χ0v) is 27.2. The second-order valence-electron chi connectivity index (χ2n) is 12.8. The van der Waals surface area contributed by atoms with Crippen molar-refractivity contribution in [3.05, 3.63) is 0 Å². The summed E-state index contributed by atoms with van der Waals surface area (Å²) in [6, 6.07) is 0. The first-order valence-corrected chi connectivity index (χ1v) is 16.1. The Kier molecular flexibility index (Phi) is 11.0. The highest BCUT2D eigenvalue weighted by atomic mass is 16.8. The molecule has 0 bridgehead atoms. The number of likely N-dealkylation sites (tertiary alicyclic amines) is 1. The predicted octanol–water partition coefficient (Wildman–Crippen LogP) is -0.626. The van der Waals surface area contributed by atoms with Crippen molar-refractivity contribution in [1.29, 1.82) is 0 Å². The summed E-state index contributed by atoms with van der Waals surface area (Å²) >= 11 is 0. The maximum Gasteiger partial charge on any atom is 0.303 e. The van der Waals surface area contributed by atoms with Crippen molar-refractivity contribution < 1.29 is 72.2 Å². The van der Waals surface area contributed by atoms with Crippen LogP contribution in [0.4, 0.5) is 0 Å². The summed E-state index contributed by atoms with van der Waals surface area (Å²) in [5, 5.41) is 26.3. The number of ether oxygens (including phenoxy) is 6. The number of amides is 2. The second-order valence-corrected chi connectivity index (χ2v) is 12.8. The van der Waals surface area contributed by atoms with Crippen molar-refractivity contribution in [3.8, 4) is 0 Å². The molecule has 5 fully saturated rings. The molecule has 266 valence electrons. The van der Waals surface area contributed by atoms with Crippen LogP contribution in [-0.2, 0) is 62.0 Å². The monoisotopic (exact) mass is 682 g/mol. The lowest BCUT2D eigenvalue weighted by Crippen LogP contribution is -2.62. The molecule has 2 aliphatic carbocycles. The van der Waals surface area contributed by atoms with Gasteiger partial charge in [-0.3, -0.25) is 33.7 Å². The molecule has 17 heteroatoms. The van der Waals surface area contributed by atoms with E-state index in [2.05, 4.69) is 5.16 Å². The molecule has 0 aromatic carbocycles. The van der Waals surface area contributed by atoms with E-state index in [9.17, 15) is 39.0 Å². The van der Waals surface area contributed by atoms with Gasteiger partial charge in [-0.15, -0.1) is 0 Å². The SMILES string of the molecule is CC(=O)OC[C@@H]1O[C@@H](O/N=C2/C[C@@H](O)[C@@H](O)[C@@H]3[C@@H]4C(=O)N(C[C@@H]5CCCO5)C(=O)[C@H]4CC[C@H]23)[C@H](OC(C)=O)[C@H](OC(C)=O)[C@@H]1OC(C)=O. The average Bonchev–Trinajstić information content (AvgIpc) is 3.61. The number of aliphatic hydroxyl groups excluding tert-OH is 2. The molecule has 2 amide bonds. The van der Waals surface area contributed by atoms with Crippen LogP contribution >= 0.6 is 0 Å². The van der Waals surface area contributed by atoms with E-state index >= 15 is 0 Å². The molecule has 0 aromatic rings. The Bertz CT molecular complexity index is 1310. The molecule has 5 rings (SSSR count). The molecular formula is C31H42N2O15. The lowest BCUT2D eigenvalue weighted by Gasteiger charge is -2.46. The maximum atomic E-state index is 13.7. The van der Waals surface area contributed by atoms with E-state index in [-0.39, 0.29) is 30.7 Å². The van der Waals surface area contributed by atoms with Crippen molar-refractivity contribution in [1.82, 2.24) is 4.90 Å². The standard InChI is InChI=1S/C31H42N2O15/c1-13(34)43-12-22-26(44-14(2)35)27(45-15(3)36)28(46-16(4)37)31(47-22)48-32-20-10-21(38)25(39)23-18(20)7-8-19-24(23)30(41)33(29(19)40)11-17-6-5-9-42-17/h17-19,21-28,31,38-39H,5-12H2,1-4H3/b32-20-/t17-,18+,19-,21+,22-,23-,24+,25+,26+,27+,28+,31-/m0/s1. The zero-order chi connectivity index (χ0) is 34.9. The molecule has 12 atom stereocenters. The fourth-order valence-electron chi connectivity index (χ4n) is 7.60. The Morgan fingerprint density at radius 3 is 2.12 bits per heavy atom. The lowest BCUT2D eigenvalue weighted by atomic mass is 9.60. The second kappa shape index (κ2) is 14.8. The van der Waals surface area contributed by atoms with E-state index < -0.39 is 103 Å². The van der Waals surface area contributed by atoms with Gasteiger partial charge >= 0.3 is 23.9 Å². The number of carbonyl (C=O) groups excluding carboxylic acids is 6. The number of carbonyl (C=O) groups is 6. The molecule has 17 nitrogen and oxygen atoms in total. The van der Waals surface area contributed by atoms with Gasteiger partial charge in [0.1, 0.15) is 12.7 Å². The van der Waals surface area contributed by atoms with Gasteiger partial charge in [0.25, 0.3) is 6.29 Å². The van der Waals surface area contributed by atoms with Gasteiger partial charge in [-0.05, 0) is 25.7 Å². The molecule has 3 aliphatic heterocycles. The van der Waals surface area contributed by atoms with E-state index in [0.29, 0.717) is 19.4 Å². The number of hydrogen-bond acceptors (Lipinski definition) is 16. The van der Waals surface area contributed by atoms with Gasteiger partial charge in [0, 0.05) is 52.6 Å². The summed E-state index contributed by atoms with van der Waals surface area (Å²) in [5.74, 6) is -6.85. The number of oxime groups is 1. The minimum absolute atomic E-state index is 0.133. The Balaban J connectivity index is 1.42. The van der Waals surface area contributed by atoms with Crippen LogP contribution in [0.2, 0.25) is 0 Å². The van der Waals surface area contributed by atoms with Crippen molar-refractivity contribution in [3.63, 3.8) is 0 Å². The summed E-state index contributed by atoms with van der Waals surface area (Å²) in [4.78, 5) is 82.0. The number of fused-ring (bicyclic) bond motifs is 3. The smallest absolute Gasteiger partial charge is 0.303 e. The minimum atomic E-state index is -1.60. The van der Waals surface area contributed by atoms with Gasteiger partial charge in [0.05, 0.1) is 42.4 Å². The fourth-order valence-corrected chi connectivity index (χ4v) is 7.60. The Morgan fingerprint density at radius 1 is 0.854 bits per heavy atom. The molecule has 3 heterocycles. The van der Waals surface area contributed by atoms with E-state index in [4.69, 9.17) is 33.3 Å². The summed E-state index contributed by atoms with van der Waals surface area (Å²) in [7, 11) is 0. The lowest BCUT2D eigenvalue weighted by molar-refractivity contribution is -0.308. The highest BCUT2D eigenvalue weighted by molar-refractivity contribution is 6.06. The molecular weight excluding hydrogens is 640 g/mol. The van der Waals surface area contributed by atoms with Crippen LogP contribution in [0, 0.1) is 23.7 Å². The Hall–Kier alpha value is -3.67. The summed E-state index contributed by atoms with van der Waals surface area (Å²) in [6.07, 6.45) is -8.09. The van der Waals surface area contributed by atoms with E-state index in [1.165, 1.54) is 4.90 Å². The average molecular weight is 683 g/mol. The van der Waals surface area contributed by atoms with Gasteiger partial charge in [0.2, 0.25) is 17.9 Å². The van der Waals surface area contributed by atoms with Crippen LogP contribution in [0.1, 0.15) is 59.8 Å². The molecule has 0 spiro atoms. The van der Waals surface area contributed by atoms with Crippen LogP contribution in [0.5, 0.6) is 0 Å². The van der Waals surface area contributed by atoms with E-state index in [1.807, 2.05) is 0 Å². The number of imide groups is 1. The van der Waals surface area contributed by atoms with Gasteiger partial charge in [-0.2, -0.15) is 0 Å². The minimum Gasteiger partial charge on any atom is -0.463 e. The third-order valence-electron chi connectivity index (χ3n) is 9.50. The quantitative estimate of drug-likeness (QED) is 0.134. The summed E-state index contributed by atoms with van der Waals surface area (Å²) in [6.45, 7) is 4.64. The third-order valence-corrected chi connectivity index (χ3v) is 9.50. The van der Waals surface area contributed by atoms with E-state index in [0.717, 1.165) is 40.5 Å². The van der Waals surface area contributed by atoms with E-state index in [1.54, 1.807) is 0 Å². The van der Waals surface area contributed by atoms with Crippen molar-refractivity contribution >= 4 is 41.4 Å². The number of nitrogens with zero attached hydrogens (tertiary/aromatic N) is 2. The number of esters is 4. The molecule has 0 unspecified atom stereocenters. The number of aliphatic hydroxyl groups is 2. The van der Waals surface area contributed by atoms with Crippen LogP contribution in [-0.4, -0.2) is 125 Å². The summed E-state index contributed by atoms with van der Waals surface area (Å²) in [5.41, 5.74) is 0.266. The van der Waals surface area contributed by atoms with Gasteiger partial charge in [0.15, 0.2) is 12.2 Å². The first kappa shape index (κ1) is 35.6. The largest absolute Gasteiger partial charge is 0.463 e. The highest BCUT2D eigenvalue weighted by Crippen LogP contribution is 2.50. The first-order valence-electron chi connectivity index (χ1n) is 16.1. The topological polar surface area (TPSA) is 223 Å². The number of rotatable bonds is 9. The normalized spacial score (nSPS) is 38.5. The van der Waals surface area contributed by atoms with Crippen LogP contribution < -0.4 is 0 Å². The highest BCUT2D eigenvalue weighted by Gasteiger charge is 2.60. The van der Waals surface area contributed by atoms with Gasteiger partial charge in [-0.25, -0.2) is 0 Å². The summed E-state index contributed by atoms with van der Waals surface area (Å²) < 4.78 is 32.9. The van der Waals surface area contributed by atoms with Crippen molar-refractivity contribution in [2.45, 2.75) is 109 Å². The third kappa shape index (κ3) is 7.48. The predicted molar refractivity (Wildman–Crippen MR) is 156 cm³/mol. The molecule has 0 aromatic heterocycles. The van der Waals surface area contributed by atoms with Crippen LogP contribution in [0.15, 0.2) is 5.16 Å². The van der Waals surface area contributed by atoms with Gasteiger partial charge < -0.3 is 43.5 Å². The first-order chi connectivity index (χ1) is 22.8. The molecule has 2 N–H and O–H groups in total. The Morgan fingerprint density at radius 2 is 1.50 bits per heavy atom. The zero-order valence-electron chi connectivity index (χ0n) is 27.2. The molecule has 48 heavy (non-hydrogen) atoms. The molecule has 0 radical (unpaired) electrons.